The third kappa shape index (κ3) is 4.17. The number of halogens is 4. The van der Waals surface area contributed by atoms with Crippen LogP contribution in [0.2, 0.25) is 0 Å². The van der Waals surface area contributed by atoms with E-state index in [0.717, 1.165) is 4.88 Å². The Balaban J connectivity index is 1.82. The summed E-state index contributed by atoms with van der Waals surface area (Å²) in [6.07, 6.45) is 0.392. The Hall–Kier alpha value is -2.73. The number of aromatic amines is 1. The number of hydrogen-bond donors (Lipinski definition) is 2. The molecule has 0 amide bonds. The Kier molecular flexibility index (Phi) is 5.56. The van der Waals surface area contributed by atoms with E-state index in [1.54, 1.807) is 12.1 Å². The van der Waals surface area contributed by atoms with Crippen molar-refractivity contribution in [1.82, 2.24) is 24.5 Å². The highest BCUT2D eigenvalue weighted by molar-refractivity contribution is 7.15. The number of nitrogens with zero attached hydrogens (tertiary/aromatic N) is 4. The van der Waals surface area contributed by atoms with Gasteiger partial charge >= 0.3 is 12.2 Å². The molecule has 0 aliphatic heterocycles. The minimum atomic E-state index is -2.73. The number of aromatic nitrogens is 5. The van der Waals surface area contributed by atoms with Crippen molar-refractivity contribution in [2.24, 2.45) is 5.73 Å². The molecule has 0 saturated heterocycles. The zero-order valence-corrected chi connectivity index (χ0v) is 14.5. The van der Waals surface area contributed by atoms with Crippen molar-refractivity contribution in [1.29, 1.82) is 0 Å². The van der Waals surface area contributed by atoms with Crippen molar-refractivity contribution in [2.75, 3.05) is 6.54 Å². The molecule has 0 fully saturated rings. The van der Waals surface area contributed by atoms with Gasteiger partial charge in [0.05, 0.1) is 12.7 Å². The van der Waals surface area contributed by atoms with E-state index < -0.39 is 18.3 Å². The van der Waals surface area contributed by atoms with Crippen LogP contribution in [-0.2, 0) is 13.0 Å². The average Bonchev–Trinajstić information content (AvgIpc) is 3.34. The lowest BCUT2D eigenvalue weighted by atomic mass is 10.2. The molecule has 7 nitrogen and oxygen atoms in total. The lowest BCUT2D eigenvalue weighted by Gasteiger charge is -2.05. The molecule has 3 aromatic rings. The van der Waals surface area contributed by atoms with E-state index in [-0.39, 0.29) is 30.9 Å². The van der Waals surface area contributed by atoms with Gasteiger partial charge in [0.15, 0.2) is 0 Å². The van der Waals surface area contributed by atoms with Crippen LogP contribution in [0, 0.1) is 0 Å². The van der Waals surface area contributed by atoms with Gasteiger partial charge in [0.1, 0.15) is 5.82 Å². The number of alkyl halides is 2. The second-order valence-electron chi connectivity index (χ2n) is 5.53. The summed E-state index contributed by atoms with van der Waals surface area (Å²) in [5.74, 6) is 0.133. The number of nitrogens with one attached hydrogen (secondary N) is 1. The van der Waals surface area contributed by atoms with Crippen molar-refractivity contribution in [3.05, 3.63) is 57.4 Å². The molecule has 0 aliphatic rings. The Morgan fingerprint density at radius 2 is 2.11 bits per heavy atom. The summed E-state index contributed by atoms with van der Waals surface area (Å²) in [6, 6.07) is 3.43. The van der Waals surface area contributed by atoms with Crippen LogP contribution in [0.5, 0.6) is 0 Å². The van der Waals surface area contributed by atoms with Gasteiger partial charge in [-0.1, -0.05) is 0 Å². The van der Waals surface area contributed by atoms with Crippen LogP contribution in [0.3, 0.4) is 0 Å². The molecule has 0 atom stereocenters. The van der Waals surface area contributed by atoms with Crippen LogP contribution >= 0.6 is 11.3 Å². The van der Waals surface area contributed by atoms with Crippen molar-refractivity contribution < 1.29 is 17.6 Å². The van der Waals surface area contributed by atoms with E-state index in [4.69, 9.17) is 5.73 Å². The van der Waals surface area contributed by atoms with Crippen molar-refractivity contribution >= 4 is 11.3 Å². The Labute approximate surface area is 153 Å². The lowest BCUT2D eigenvalue weighted by molar-refractivity contribution is 0.0566. The summed E-state index contributed by atoms with van der Waals surface area (Å²) in [5.41, 5.74) is 4.97. The SMILES string of the molecule is NCC(Cc1n[nH]c(=O)n1Cc1ccc(-c2cnn(C(F)F)c2)s1)=C(F)F. The van der Waals surface area contributed by atoms with E-state index in [9.17, 15) is 22.4 Å². The molecule has 27 heavy (non-hydrogen) atoms. The molecule has 3 rings (SSSR count). The first-order chi connectivity index (χ1) is 12.9. The Bertz CT molecular complexity index is 1010. The van der Waals surface area contributed by atoms with Crippen molar-refractivity contribution in [3.63, 3.8) is 0 Å². The molecule has 0 aliphatic carbocycles. The molecule has 0 radical (unpaired) electrons. The maximum atomic E-state index is 12.8. The largest absolute Gasteiger partial charge is 0.343 e. The van der Waals surface area contributed by atoms with Gasteiger partial charge in [0, 0.05) is 40.1 Å². The van der Waals surface area contributed by atoms with E-state index in [2.05, 4.69) is 15.3 Å². The summed E-state index contributed by atoms with van der Waals surface area (Å²) in [7, 11) is 0. The molecular formula is C15H14F4N6OS. The van der Waals surface area contributed by atoms with Gasteiger partial charge in [0.25, 0.3) is 6.08 Å². The van der Waals surface area contributed by atoms with Crippen LogP contribution < -0.4 is 11.4 Å². The topological polar surface area (TPSA) is 94.5 Å². The third-order valence-electron chi connectivity index (χ3n) is 3.78. The summed E-state index contributed by atoms with van der Waals surface area (Å²) in [5, 5.41) is 9.60. The summed E-state index contributed by atoms with van der Waals surface area (Å²) < 4.78 is 52.6. The number of rotatable bonds is 7. The predicted octanol–water partition coefficient (Wildman–Crippen LogP) is 2.59. The minimum Gasteiger partial charge on any atom is -0.327 e. The molecule has 12 heteroatoms. The first-order valence-corrected chi connectivity index (χ1v) is 8.49. The van der Waals surface area contributed by atoms with Crippen LogP contribution in [0.4, 0.5) is 17.6 Å². The second kappa shape index (κ2) is 7.88. The number of hydrogen-bond acceptors (Lipinski definition) is 5. The molecule has 0 spiro atoms. The fourth-order valence-corrected chi connectivity index (χ4v) is 3.37. The fraction of sp³-hybridized carbons (Fsp3) is 0.267. The van der Waals surface area contributed by atoms with Gasteiger partial charge < -0.3 is 5.73 Å². The summed E-state index contributed by atoms with van der Waals surface area (Å²) in [6.45, 7) is -2.98. The summed E-state index contributed by atoms with van der Waals surface area (Å²) in [4.78, 5) is 13.4. The quantitative estimate of drug-likeness (QED) is 0.594. The average molecular weight is 402 g/mol. The van der Waals surface area contributed by atoms with Gasteiger partial charge in [-0.25, -0.2) is 14.6 Å². The lowest BCUT2D eigenvalue weighted by Crippen LogP contribution is -2.20. The maximum absolute atomic E-state index is 12.8. The van der Waals surface area contributed by atoms with E-state index in [1.807, 2.05) is 0 Å². The van der Waals surface area contributed by atoms with E-state index in [1.165, 1.54) is 28.3 Å². The highest BCUT2D eigenvalue weighted by Crippen LogP contribution is 2.29. The van der Waals surface area contributed by atoms with Gasteiger partial charge in [-0.2, -0.15) is 27.8 Å². The molecule has 3 heterocycles. The standard InChI is InChI=1S/C15H14F4N6OS/c16-13(17)8(4-20)3-12-22-23-15(26)24(12)7-10-1-2-11(27-10)9-5-21-25(6-9)14(18)19/h1-2,5-6,14H,3-4,7,20H2,(H,23,26). The monoisotopic (exact) mass is 402 g/mol. The Morgan fingerprint density at radius 1 is 1.33 bits per heavy atom. The van der Waals surface area contributed by atoms with Crippen molar-refractivity contribution in [2.45, 2.75) is 19.5 Å². The molecule has 3 N–H and O–H groups in total. The summed E-state index contributed by atoms with van der Waals surface area (Å²) >= 11 is 1.27. The number of H-pyrrole nitrogens is 1. The second-order valence-corrected chi connectivity index (χ2v) is 6.70. The van der Waals surface area contributed by atoms with Crippen LogP contribution in [0.25, 0.3) is 10.4 Å². The van der Waals surface area contributed by atoms with Gasteiger partial charge in [-0.05, 0) is 12.1 Å². The fourth-order valence-electron chi connectivity index (χ4n) is 2.40. The maximum Gasteiger partial charge on any atom is 0.343 e. The van der Waals surface area contributed by atoms with E-state index >= 15 is 0 Å². The molecular weight excluding hydrogens is 388 g/mol. The first-order valence-electron chi connectivity index (χ1n) is 7.67. The molecule has 144 valence electrons. The minimum absolute atomic E-state index is 0.101. The highest BCUT2D eigenvalue weighted by atomic mass is 32.1. The molecule has 3 aromatic heterocycles. The zero-order chi connectivity index (χ0) is 19.6. The van der Waals surface area contributed by atoms with Gasteiger partial charge in [-0.15, -0.1) is 11.3 Å². The third-order valence-corrected chi connectivity index (χ3v) is 4.90. The van der Waals surface area contributed by atoms with Crippen LogP contribution in [0.15, 0.2) is 41.0 Å². The number of thiophene rings is 1. The van der Waals surface area contributed by atoms with Crippen molar-refractivity contribution in [3.8, 4) is 10.4 Å². The normalized spacial score (nSPS) is 11.3. The highest BCUT2D eigenvalue weighted by Gasteiger charge is 2.15. The van der Waals surface area contributed by atoms with E-state index in [0.29, 0.717) is 15.1 Å². The smallest absolute Gasteiger partial charge is 0.327 e. The molecule has 0 aromatic carbocycles. The Morgan fingerprint density at radius 3 is 2.74 bits per heavy atom. The van der Waals surface area contributed by atoms with Crippen LogP contribution in [-0.4, -0.2) is 31.1 Å². The van der Waals surface area contributed by atoms with Gasteiger partial charge in [-0.3, -0.25) is 4.57 Å². The predicted molar refractivity (Wildman–Crippen MR) is 90.7 cm³/mol. The van der Waals surface area contributed by atoms with Gasteiger partial charge in [0.2, 0.25) is 0 Å². The molecule has 0 bridgehead atoms. The first kappa shape index (κ1) is 19.0. The number of nitrogens with two attached hydrogens (primary N) is 1. The molecule has 0 unspecified atom stereocenters. The molecule has 0 saturated carbocycles. The zero-order valence-electron chi connectivity index (χ0n) is 13.7. The van der Waals surface area contributed by atoms with Crippen LogP contribution in [0.1, 0.15) is 17.3 Å².